The molecule has 14 rings (SSSR count). The molecule has 65 heavy (non-hydrogen) atoms. The molecule has 13 aromatic rings. The number of hydrogen-bond acceptors (Lipinski definition) is 2. The second-order valence-electron chi connectivity index (χ2n) is 17.9. The Labute approximate surface area is 374 Å². The van der Waals surface area contributed by atoms with Crippen molar-refractivity contribution < 1.29 is 0 Å². The Morgan fingerprint density at radius 1 is 0.338 bits per heavy atom. The number of nitrogens with zero attached hydrogens (tertiary/aromatic N) is 6. The second kappa shape index (κ2) is 13.3. The standard InChI is InChI=1S/C59H40N6/c1-59(2)55-43(39-17-7-4-8-18-39)19-13-20-44(55)45-21-14-26-52(56(45)59)65-51-34-30-41(36-54(51)64-49-25-12-10-23-47(49)61-58(64)65)40-29-33-50-53(35-40)63-48-24-11-9-22-46(48)60-57(63)62(50)42-31-27-38(28-32-42)37-15-5-3-6-16-37/h3-36H,1-2H3. The third kappa shape index (κ3) is 5.05. The highest BCUT2D eigenvalue weighted by molar-refractivity contribution is 5.99. The minimum absolute atomic E-state index is 0.286. The maximum absolute atomic E-state index is 5.38. The average Bonchev–Trinajstić information content (AvgIpc) is 4.14. The summed E-state index contributed by atoms with van der Waals surface area (Å²) in [5.41, 5.74) is 22.9. The highest BCUT2D eigenvalue weighted by Crippen LogP contribution is 2.54. The number of benzene rings is 9. The number of aromatic nitrogens is 6. The van der Waals surface area contributed by atoms with Gasteiger partial charge in [-0.25, -0.2) is 9.97 Å². The fraction of sp³-hybridized carbons (Fsp3) is 0.0508. The fourth-order valence-electron chi connectivity index (χ4n) is 11.1. The summed E-state index contributed by atoms with van der Waals surface area (Å²) in [7, 11) is 0. The Balaban J connectivity index is 0.967. The van der Waals surface area contributed by atoms with Crippen LogP contribution in [0.2, 0.25) is 0 Å². The van der Waals surface area contributed by atoms with E-state index in [4.69, 9.17) is 9.97 Å². The van der Waals surface area contributed by atoms with Crippen molar-refractivity contribution in [2.75, 3.05) is 0 Å². The Bertz CT molecular complexity index is 4070. The van der Waals surface area contributed by atoms with Crippen LogP contribution < -0.4 is 0 Å². The molecule has 0 atom stereocenters. The number of rotatable bonds is 5. The van der Waals surface area contributed by atoms with Gasteiger partial charge in [0.25, 0.3) is 0 Å². The molecule has 1 aliphatic carbocycles. The predicted octanol–water partition coefficient (Wildman–Crippen LogP) is 14.5. The van der Waals surface area contributed by atoms with E-state index < -0.39 is 0 Å². The first-order valence-electron chi connectivity index (χ1n) is 22.3. The first-order chi connectivity index (χ1) is 32.0. The van der Waals surface area contributed by atoms with Crippen LogP contribution in [0.1, 0.15) is 25.0 Å². The van der Waals surface area contributed by atoms with Gasteiger partial charge in [-0.15, -0.1) is 0 Å². The van der Waals surface area contributed by atoms with Crippen LogP contribution >= 0.6 is 0 Å². The lowest BCUT2D eigenvalue weighted by molar-refractivity contribution is 0.658. The Hall–Kier alpha value is -8.48. The average molecular weight is 833 g/mol. The number of imidazole rings is 4. The number of hydrogen-bond donors (Lipinski definition) is 0. The zero-order valence-corrected chi connectivity index (χ0v) is 35.8. The quantitative estimate of drug-likeness (QED) is 0.173. The summed E-state index contributed by atoms with van der Waals surface area (Å²) in [6.07, 6.45) is 0. The van der Waals surface area contributed by atoms with Crippen LogP contribution in [0.25, 0.3) is 112 Å². The van der Waals surface area contributed by atoms with Crippen molar-refractivity contribution in [3.8, 4) is 55.9 Å². The van der Waals surface area contributed by atoms with E-state index in [-0.39, 0.29) is 5.41 Å². The molecule has 0 saturated carbocycles. The van der Waals surface area contributed by atoms with Gasteiger partial charge in [-0.1, -0.05) is 153 Å². The largest absolute Gasteiger partial charge is 0.278 e. The van der Waals surface area contributed by atoms with E-state index in [0.717, 1.165) is 78.2 Å². The summed E-state index contributed by atoms with van der Waals surface area (Å²) in [5, 5.41) is 0. The molecule has 0 amide bonds. The van der Waals surface area contributed by atoms with Crippen molar-refractivity contribution in [2.24, 2.45) is 0 Å². The van der Waals surface area contributed by atoms with Crippen molar-refractivity contribution in [3.63, 3.8) is 0 Å². The molecule has 0 radical (unpaired) electrons. The van der Waals surface area contributed by atoms with Gasteiger partial charge < -0.3 is 0 Å². The van der Waals surface area contributed by atoms with E-state index in [2.05, 4.69) is 238 Å². The maximum atomic E-state index is 5.38. The van der Waals surface area contributed by atoms with Crippen molar-refractivity contribution in [1.29, 1.82) is 0 Å². The summed E-state index contributed by atoms with van der Waals surface area (Å²) in [6.45, 7) is 4.78. The van der Waals surface area contributed by atoms with Gasteiger partial charge in [-0.3, -0.25) is 17.9 Å². The van der Waals surface area contributed by atoms with Crippen LogP contribution in [0.4, 0.5) is 0 Å². The maximum Gasteiger partial charge on any atom is 0.220 e. The molecule has 1 aliphatic rings. The van der Waals surface area contributed by atoms with Gasteiger partial charge in [-0.2, -0.15) is 0 Å². The van der Waals surface area contributed by atoms with Gasteiger partial charge in [-0.05, 0) is 122 Å². The minimum atomic E-state index is -0.286. The van der Waals surface area contributed by atoms with Crippen molar-refractivity contribution in [1.82, 2.24) is 27.9 Å². The second-order valence-corrected chi connectivity index (χ2v) is 17.9. The topological polar surface area (TPSA) is 44.5 Å². The molecule has 0 N–H and O–H groups in total. The monoisotopic (exact) mass is 832 g/mol. The molecular formula is C59H40N6. The molecule has 9 aromatic carbocycles. The normalized spacial score (nSPS) is 13.2. The summed E-state index contributed by atoms with van der Waals surface area (Å²) < 4.78 is 9.36. The zero-order valence-electron chi connectivity index (χ0n) is 35.8. The summed E-state index contributed by atoms with van der Waals surface area (Å²) in [6, 6.07) is 74.5. The first kappa shape index (κ1) is 36.0. The minimum Gasteiger partial charge on any atom is -0.278 e. The Morgan fingerprint density at radius 3 is 1.45 bits per heavy atom. The van der Waals surface area contributed by atoms with E-state index in [1.807, 2.05) is 0 Å². The number of para-hydroxylation sites is 4. The van der Waals surface area contributed by atoms with Gasteiger partial charge in [0, 0.05) is 11.1 Å². The number of fused-ring (bicyclic) bond motifs is 13. The molecule has 4 aromatic heterocycles. The third-order valence-electron chi connectivity index (χ3n) is 13.9. The smallest absolute Gasteiger partial charge is 0.220 e. The molecule has 0 fully saturated rings. The molecule has 6 heteroatoms. The fourth-order valence-corrected chi connectivity index (χ4v) is 11.1. The lowest BCUT2D eigenvalue weighted by atomic mass is 9.78. The highest BCUT2D eigenvalue weighted by atomic mass is 15.2. The molecular weight excluding hydrogens is 793 g/mol. The van der Waals surface area contributed by atoms with Gasteiger partial charge in [0.15, 0.2) is 0 Å². The zero-order chi connectivity index (χ0) is 43.0. The Kier molecular flexibility index (Phi) is 7.36. The van der Waals surface area contributed by atoms with Gasteiger partial charge in [0.1, 0.15) is 0 Å². The van der Waals surface area contributed by atoms with Gasteiger partial charge in [0.2, 0.25) is 11.6 Å². The summed E-state index contributed by atoms with van der Waals surface area (Å²) >= 11 is 0. The summed E-state index contributed by atoms with van der Waals surface area (Å²) in [4.78, 5) is 10.6. The molecule has 4 heterocycles. The molecule has 306 valence electrons. The van der Waals surface area contributed by atoms with Crippen LogP contribution in [0, 0.1) is 0 Å². The molecule has 0 bridgehead atoms. The van der Waals surface area contributed by atoms with Gasteiger partial charge in [0.05, 0.1) is 49.8 Å². The SMILES string of the molecule is CC1(C)c2c(-c3ccccc3)cccc2-c2cccc(-n3c4ccc(-c5ccc6c(c5)n5c7ccccc7nc5n6-c5ccc(-c6ccccc6)cc5)cc4n4c5ccccc5nc34)c21. The van der Waals surface area contributed by atoms with Crippen LogP contribution in [-0.4, -0.2) is 27.9 Å². The van der Waals surface area contributed by atoms with Crippen molar-refractivity contribution in [2.45, 2.75) is 19.3 Å². The van der Waals surface area contributed by atoms with E-state index >= 15 is 0 Å². The first-order valence-corrected chi connectivity index (χ1v) is 22.3. The van der Waals surface area contributed by atoms with Crippen molar-refractivity contribution >= 4 is 55.7 Å². The predicted molar refractivity (Wildman–Crippen MR) is 266 cm³/mol. The van der Waals surface area contributed by atoms with Crippen LogP contribution in [-0.2, 0) is 5.41 Å². The molecule has 6 nitrogen and oxygen atoms in total. The molecule has 0 spiro atoms. The molecule has 0 saturated heterocycles. The van der Waals surface area contributed by atoms with E-state index in [0.29, 0.717) is 0 Å². The van der Waals surface area contributed by atoms with Crippen LogP contribution in [0.5, 0.6) is 0 Å². The van der Waals surface area contributed by atoms with E-state index in [1.165, 1.54) is 44.5 Å². The Morgan fingerprint density at radius 2 is 0.815 bits per heavy atom. The van der Waals surface area contributed by atoms with Crippen molar-refractivity contribution in [3.05, 3.63) is 217 Å². The third-order valence-corrected chi connectivity index (χ3v) is 13.9. The lowest BCUT2D eigenvalue weighted by Gasteiger charge is -2.27. The van der Waals surface area contributed by atoms with E-state index in [1.54, 1.807) is 0 Å². The van der Waals surface area contributed by atoms with E-state index in [9.17, 15) is 0 Å². The highest BCUT2D eigenvalue weighted by Gasteiger charge is 2.40. The van der Waals surface area contributed by atoms with Gasteiger partial charge >= 0.3 is 0 Å². The van der Waals surface area contributed by atoms with Crippen LogP contribution in [0.15, 0.2) is 206 Å². The molecule has 0 aliphatic heterocycles. The molecule has 0 unspecified atom stereocenters. The summed E-state index contributed by atoms with van der Waals surface area (Å²) in [5.74, 6) is 1.79. The lowest BCUT2D eigenvalue weighted by Crippen LogP contribution is -2.19. The van der Waals surface area contributed by atoms with Crippen LogP contribution in [0.3, 0.4) is 0 Å².